The minimum absolute atomic E-state index is 0.326. The zero-order valence-electron chi connectivity index (χ0n) is 15.6. The van der Waals surface area contributed by atoms with Gasteiger partial charge in [0.25, 0.3) is 0 Å². The summed E-state index contributed by atoms with van der Waals surface area (Å²) in [5.41, 5.74) is 4.12. The Bertz CT molecular complexity index is 1170. The van der Waals surface area contributed by atoms with Crippen LogP contribution in [0.5, 0.6) is 0 Å². The highest BCUT2D eigenvalue weighted by atomic mass is 35.5. The summed E-state index contributed by atoms with van der Waals surface area (Å²) in [6, 6.07) is 9.23. The van der Waals surface area contributed by atoms with Gasteiger partial charge in [-0.1, -0.05) is 23.4 Å². The number of nitrogens with zero attached hydrogens (tertiary/aromatic N) is 4. The highest BCUT2D eigenvalue weighted by Gasteiger charge is 2.14. The maximum absolute atomic E-state index is 12.0. The molecule has 3 aromatic heterocycles. The van der Waals surface area contributed by atoms with Crippen LogP contribution in [0.2, 0.25) is 5.02 Å². The molecule has 0 unspecified atom stereocenters. The zero-order chi connectivity index (χ0) is 19.7. The second kappa shape index (κ2) is 7.85. The number of pyridine rings is 1. The van der Waals surface area contributed by atoms with E-state index in [1.54, 1.807) is 30.8 Å². The van der Waals surface area contributed by atoms with E-state index in [1.807, 2.05) is 35.0 Å². The molecule has 0 saturated heterocycles. The highest BCUT2D eigenvalue weighted by molar-refractivity contribution is 7.98. The fraction of sp³-hybridized carbons (Fsp3) is 0.250. The van der Waals surface area contributed by atoms with Crippen molar-refractivity contribution < 1.29 is 9.53 Å². The Morgan fingerprint density at radius 2 is 2.04 bits per heavy atom. The largest absolute Gasteiger partial charge is 0.462 e. The molecule has 0 aliphatic carbocycles. The summed E-state index contributed by atoms with van der Waals surface area (Å²) in [7, 11) is 0. The van der Waals surface area contributed by atoms with Crippen LogP contribution < -0.4 is 0 Å². The molecule has 0 aliphatic rings. The molecule has 0 N–H and O–H groups in total. The number of halogens is 1. The third-order valence-corrected chi connectivity index (χ3v) is 5.59. The summed E-state index contributed by atoms with van der Waals surface area (Å²) in [4.78, 5) is 21.3. The molecule has 4 aromatic rings. The number of rotatable bonds is 6. The van der Waals surface area contributed by atoms with Gasteiger partial charge < -0.3 is 13.7 Å². The van der Waals surface area contributed by atoms with Crippen molar-refractivity contribution in [1.29, 1.82) is 0 Å². The van der Waals surface area contributed by atoms with Gasteiger partial charge in [-0.15, -0.1) is 0 Å². The monoisotopic (exact) mass is 414 g/mol. The van der Waals surface area contributed by atoms with E-state index < -0.39 is 0 Å². The molecule has 0 aliphatic heterocycles. The molecule has 0 fully saturated rings. The second-order valence-corrected chi connectivity index (χ2v) is 7.58. The number of aromatic nitrogens is 4. The first-order valence-electron chi connectivity index (χ1n) is 9.02. The Kier molecular flexibility index (Phi) is 5.28. The second-order valence-electron chi connectivity index (χ2n) is 6.20. The number of hydrogen-bond donors (Lipinski definition) is 0. The number of hydrogen-bond acceptors (Lipinski definition) is 5. The van der Waals surface area contributed by atoms with E-state index in [2.05, 4.69) is 16.5 Å². The van der Waals surface area contributed by atoms with E-state index in [1.165, 1.54) is 0 Å². The number of benzene rings is 1. The molecule has 6 nitrogen and oxygen atoms in total. The molecular weight excluding hydrogens is 396 g/mol. The number of imidazole rings is 2. The van der Waals surface area contributed by atoms with E-state index in [9.17, 15) is 4.79 Å². The van der Waals surface area contributed by atoms with Crippen LogP contribution in [-0.2, 0) is 17.0 Å². The zero-order valence-corrected chi connectivity index (χ0v) is 17.1. The van der Waals surface area contributed by atoms with Gasteiger partial charge in [-0.3, -0.25) is 0 Å². The quantitative estimate of drug-likeness (QED) is 0.334. The average molecular weight is 415 g/mol. The van der Waals surface area contributed by atoms with Crippen molar-refractivity contribution in [2.24, 2.45) is 0 Å². The van der Waals surface area contributed by atoms with Gasteiger partial charge in [0.2, 0.25) is 0 Å². The first-order valence-corrected chi connectivity index (χ1v) is 10.4. The number of ether oxygens (including phenoxy) is 1. The summed E-state index contributed by atoms with van der Waals surface area (Å²) < 4.78 is 9.15. The fourth-order valence-corrected chi connectivity index (χ4v) is 4.22. The van der Waals surface area contributed by atoms with E-state index in [-0.39, 0.29) is 5.97 Å². The SMILES string of the molecule is CCOC(=O)c1ccc2c(c1)nc(SCc1cn3cc(Cl)ccc3n1)n2CC. The molecule has 0 atom stereocenters. The smallest absolute Gasteiger partial charge is 0.338 e. The van der Waals surface area contributed by atoms with E-state index in [0.717, 1.165) is 34.1 Å². The number of aryl methyl sites for hydroxylation is 1. The lowest BCUT2D eigenvalue weighted by atomic mass is 10.2. The van der Waals surface area contributed by atoms with Gasteiger partial charge in [0, 0.05) is 24.7 Å². The number of esters is 1. The van der Waals surface area contributed by atoms with Crippen LogP contribution in [0, 0.1) is 0 Å². The van der Waals surface area contributed by atoms with Gasteiger partial charge in [-0.2, -0.15) is 0 Å². The number of thioether (sulfide) groups is 1. The lowest BCUT2D eigenvalue weighted by Gasteiger charge is -2.05. The number of carbonyl (C=O) groups is 1. The summed E-state index contributed by atoms with van der Waals surface area (Å²) in [6.45, 7) is 5.02. The maximum atomic E-state index is 12.0. The minimum atomic E-state index is -0.326. The van der Waals surface area contributed by atoms with Crippen LogP contribution in [-0.4, -0.2) is 31.5 Å². The Balaban J connectivity index is 1.60. The molecule has 144 valence electrons. The normalized spacial score (nSPS) is 11.4. The van der Waals surface area contributed by atoms with Crippen LogP contribution in [0.25, 0.3) is 16.7 Å². The lowest BCUT2D eigenvalue weighted by Crippen LogP contribution is -2.04. The van der Waals surface area contributed by atoms with Crippen LogP contribution in [0.4, 0.5) is 0 Å². The third kappa shape index (κ3) is 3.59. The maximum Gasteiger partial charge on any atom is 0.338 e. The predicted molar refractivity (Wildman–Crippen MR) is 111 cm³/mol. The van der Waals surface area contributed by atoms with E-state index in [4.69, 9.17) is 21.3 Å². The summed E-state index contributed by atoms with van der Waals surface area (Å²) in [6.07, 6.45) is 3.82. The Morgan fingerprint density at radius 3 is 2.82 bits per heavy atom. The molecule has 0 amide bonds. The lowest BCUT2D eigenvalue weighted by molar-refractivity contribution is 0.0526. The summed E-state index contributed by atoms with van der Waals surface area (Å²) in [5, 5.41) is 1.57. The van der Waals surface area contributed by atoms with Gasteiger partial charge >= 0.3 is 5.97 Å². The molecule has 0 radical (unpaired) electrons. The van der Waals surface area contributed by atoms with Crippen LogP contribution >= 0.6 is 23.4 Å². The van der Waals surface area contributed by atoms with Crippen LogP contribution in [0.3, 0.4) is 0 Å². The first-order chi connectivity index (χ1) is 13.6. The van der Waals surface area contributed by atoms with Crippen molar-refractivity contribution in [3.05, 3.63) is 59.0 Å². The molecule has 8 heteroatoms. The molecule has 0 bridgehead atoms. The van der Waals surface area contributed by atoms with Gasteiger partial charge in [0.1, 0.15) is 5.65 Å². The van der Waals surface area contributed by atoms with Crippen molar-refractivity contribution in [2.75, 3.05) is 6.61 Å². The summed E-state index contributed by atoms with van der Waals surface area (Å²) >= 11 is 7.66. The van der Waals surface area contributed by atoms with E-state index in [0.29, 0.717) is 22.9 Å². The minimum Gasteiger partial charge on any atom is -0.462 e. The predicted octanol–water partition coefficient (Wildman–Crippen LogP) is 4.83. The van der Waals surface area contributed by atoms with E-state index >= 15 is 0 Å². The van der Waals surface area contributed by atoms with Gasteiger partial charge in [-0.25, -0.2) is 14.8 Å². The van der Waals surface area contributed by atoms with Gasteiger partial charge in [-0.05, 0) is 44.2 Å². The van der Waals surface area contributed by atoms with Gasteiger partial charge in [0.15, 0.2) is 5.16 Å². The van der Waals surface area contributed by atoms with Crippen molar-refractivity contribution in [3.63, 3.8) is 0 Å². The van der Waals surface area contributed by atoms with Crippen molar-refractivity contribution in [3.8, 4) is 0 Å². The van der Waals surface area contributed by atoms with Crippen molar-refractivity contribution >= 4 is 46.0 Å². The summed E-state index contributed by atoms with van der Waals surface area (Å²) in [5.74, 6) is 0.362. The molecule has 3 heterocycles. The number of carbonyl (C=O) groups excluding carboxylic acids is 1. The highest BCUT2D eigenvalue weighted by Crippen LogP contribution is 2.27. The first kappa shape index (κ1) is 18.8. The molecule has 28 heavy (non-hydrogen) atoms. The van der Waals surface area contributed by atoms with Crippen molar-refractivity contribution in [2.45, 2.75) is 31.3 Å². The average Bonchev–Trinajstić information content (AvgIpc) is 3.25. The fourth-order valence-electron chi connectivity index (χ4n) is 3.09. The topological polar surface area (TPSA) is 61.4 Å². The molecule has 0 saturated carbocycles. The standard InChI is InChI=1S/C20H19ClN4O2S/c1-3-25-17-7-5-13(19(26)27-4-2)9-16(17)23-20(25)28-12-15-11-24-10-14(21)6-8-18(24)22-15/h5-11H,3-4,12H2,1-2H3. The Hall–Kier alpha value is -2.51. The molecule has 0 spiro atoms. The Labute approximate surface area is 171 Å². The molecule has 1 aromatic carbocycles. The van der Waals surface area contributed by atoms with Crippen LogP contribution in [0.1, 0.15) is 29.9 Å². The van der Waals surface area contributed by atoms with Crippen LogP contribution in [0.15, 0.2) is 47.9 Å². The number of fused-ring (bicyclic) bond motifs is 2. The van der Waals surface area contributed by atoms with Crippen molar-refractivity contribution in [1.82, 2.24) is 18.9 Å². The third-order valence-electron chi connectivity index (χ3n) is 4.35. The van der Waals surface area contributed by atoms with Gasteiger partial charge in [0.05, 0.1) is 33.9 Å². The Morgan fingerprint density at radius 1 is 1.18 bits per heavy atom. The molecular formula is C20H19ClN4O2S. The molecule has 4 rings (SSSR count).